The molecule has 1 N–H and O–H groups in total. The molecular formula is C21H21FN4O2S. The molecule has 3 aromatic rings. The Morgan fingerprint density at radius 2 is 1.83 bits per heavy atom. The smallest absolute Gasteiger partial charge is 0.210 e. The number of halogens is 1. The minimum atomic E-state index is -0.481. The van der Waals surface area contributed by atoms with Crippen LogP contribution in [0, 0.1) is 5.82 Å². The van der Waals surface area contributed by atoms with E-state index in [0.29, 0.717) is 10.7 Å². The van der Waals surface area contributed by atoms with Gasteiger partial charge in [-0.25, -0.2) is 9.07 Å². The number of fused-ring (bicyclic) bond motifs is 1. The molecule has 2 atom stereocenters. The van der Waals surface area contributed by atoms with E-state index in [0.717, 1.165) is 17.1 Å². The number of methoxy groups -OCH3 is 1. The molecule has 1 aliphatic rings. The zero-order chi connectivity index (χ0) is 20.5. The predicted octanol–water partition coefficient (Wildman–Crippen LogP) is 4.19. The van der Waals surface area contributed by atoms with E-state index in [2.05, 4.69) is 15.6 Å². The highest BCUT2D eigenvalue weighted by Gasteiger charge is 2.38. The lowest BCUT2D eigenvalue weighted by Crippen LogP contribution is -2.39. The summed E-state index contributed by atoms with van der Waals surface area (Å²) in [7, 11) is 1.61. The molecule has 29 heavy (non-hydrogen) atoms. The summed E-state index contributed by atoms with van der Waals surface area (Å²) >= 11 is 1.37. The van der Waals surface area contributed by atoms with E-state index in [1.54, 1.807) is 7.11 Å². The second kappa shape index (κ2) is 7.87. The van der Waals surface area contributed by atoms with Crippen LogP contribution in [0.4, 0.5) is 4.39 Å². The Hall–Kier alpha value is -2.87. The molecule has 4 rings (SSSR count). The van der Waals surface area contributed by atoms with E-state index in [4.69, 9.17) is 4.74 Å². The monoisotopic (exact) mass is 412 g/mol. The molecule has 2 heterocycles. The number of rotatable bonds is 5. The lowest BCUT2D eigenvalue weighted by molar-refractivity contribution is 0.0980. The molecule has 6 nitrogen and oxygen atoms in total. The van der Waals surface area contributed by atoms with Crippen LogP contribution >= 0.6 is 11.8 Å². The maximum absolute atomic E-state index is 13.3. The number of nitrogens with zero attached hydrogens (tertiary/aromatic N) is 3. The number of carbonyl (C=O) groups excluding carboxylic acids is 1. The lowest BCUT2D eigenvalue weighted by atomic mass is 9.97. The lowest BCUT2D eigenvalue weighted by Gasteiger charge is -2.33. The fourth-order valence-corrected chi connectivity index (χ4v) is 4.45. The van der Waals surface area contributed by atoms with Crippen molar-refractivity contribution in [1.29, 1.82) is 0 Å². The van der Waals surface area contributed by atoms with Crippen LogP contribution in [0.3, 0.4) is 0 Å². The van der Waals surface area contributed by atoms with Gasteiger partial charge in [-0.15, -0.1) is 10.2 Å². The number of Topliss-reactive ketones (excluding diaryl/α,β-unsaturated/α-hetero) is 1. The molecule has 0 fully saturated rings. The zero-order valence-electron chi connectivity index (χ0n) is 16.3. The number of hydrogen-bond acceptors (Lipinski definition) is 6. The van der Waals surface area contributed by atoms with Crippen LogP contribution in [-0.4, -0.2) is 33.0 Å². The van der Waals surface area contributed by atoms with Crippen LogP contribution in [0.1, 0.15) is 47.6 Å². The van der Waals surface area contributed by atoms with Crippen molar-refractivity contribution < 1.29 is 13.9 Å². The maximum Gasteiger partial charge on any atom is 0.210 e. The van der Waals surface area contributed by atoms with Gasteiger partial charge in [-0.05, 0) is 42.0 Å². The minimum absolute atomic E-state index is 0.0938. The van der Waals surface area contributed by atoms with Crippen molar-refractivity contribution in [2.45, 2.75) is 36.2 Å². The van der Waals surface area contributed by atoms with Gasteiger partial charge < -0.3 is 10.2 Å². The van der Waals surface area contributed by atoms with Gasteiger partial charge in [-0.1, -0.05) is 37.7 Å². The van der Waals surface area contributed by atoms with Gasteiger partial charge in [0.05, 0.1) is 13.2 Å². The van der Waals surface area contributed by atoms with Crippen molar-refractivity contribution in [3.05, 3.63) is 71.3 Å². The summed E-state index contributed by atoms with van der Waals surface area (Å²) in [6.45, 7) is 4.09. The summed E-state index contributed by atoms with van der Waals surface area (Å²) < 4.78 is 20.4. The van der Waals surface area contributed by atoms with Crippen molar-refractivity contribution in [3.63, 3.8) is 0 Å². The standard InChI is InChI=1S/C21H21FN4O2S/c1-12(2)20-23-24-21-26(20)25-17(13-6-10-16(28-3)11-7-13)19(29-21)18(27)14-4-8-15(22)9-5-14/h4-12,17,19,25H,1-3H3/t17-,19+/m1/s1. The first kappa shape index (κ1) is 19.4. The van der Waals surface area contributed by atoms with Gasteiger partial charge in [0.15, 0.2) is 11.6 Å². The van der Waals surface area contributed by atoms with Crippen LogP contribution in [0.5, 0.6) is 5.75 Å². The number of ketones is 1. The highest BCUT2D eigenvalue weighted by atomic mass is 32.2. The molecular weight excluding hydrogens is 391 g/mol. The van der Waals surface area contributed by atoms with Gasteiger partial charge in [0, 0.05) is 11.5 Å². The summed E-state index contributed by atoms with van der Waals surface area (Å²) in [5.41, 5.74) is 4.83. The number of nitrogens with one attached hydrogen (secondary N) is 1. The summed E-state index contributed by atoms with van der Waals surface area (Å²) in [5, 5.41) is 8.69. The van der Waals surface area contributed by atoms with Crippen LogP contribution in [-0.2, 0) is 0 Å². The molecule has 0 saturated heterocycles. The predicted molar refractivity (Wildman–Crippen MR) is 110 cm³/mol. The van der Waals surface area contributed by atoms with Crippen molar-refractivity contribution in [3.8, 4) is 5.75 Å². The Morgan fingerprint density at radius 3 is 2.45 bits per heavy atom. The molecule has 1 aliphatic heterocycles. The number of thioether (sulfide) groups is 1. The van der Waals surface area contributed by atoms with Crippen LogP contribution < -0.4 is 10.2 Å². The molecule has 0 amide bonds. The minimum Gasteiger partial charge on any atom is -0.497 e. The van der Waals surface area contributed by atoms with Gasteiger partial charge in [0.1, 0.15) is 16.8 Å². The van der Waals surface area contributed by atoms with E-state index in [-0.39, 0.29) is 23.6 Å². The quantitative estimate of drug-likeness (QED) is 0.634. The first-order chi connectivity index (χ1) is 14.0. The fourth-order valence-electron chi connectivity index (χ4n) is 3.29. The van der Waals surface area contributed by atoms with E-state index < -0.39 is 5.25 Å². The molecule has 0 bridgehead atoms. The van der Waals surface area contributed by atoms with E-state index in [1.165, 1.54) is 36.0 Å². The highest BCUT2D eigenvalue weighted by molar-refractivity contribution is 8.00. The molecule has 8 heteroatoms. The average Bonchev–Trinajstić information content (AvgIpc) is 3.16. The number of benzene rings is 2. The first-order valence-electron chi connectivity index (χ1n) is 9.30. The Labute approximate surface area is 172 Å². The topological polar surface area (TPSA) is 69.0 Å². The molecule has 1 aromatic heterocycles. The van der Waals surface area contributed by atoms with Gasteiger partial charge >= 0.3 is 0 Å². The third kappa shape index (κ3) is 3.72. The molecule has 0 saturated carbocycles. The largest absolute Gasteiger partial charge is 0.497 e. The van der Waals surface area contributed by atoms with Crippen molar-refractivity contribution >= 4 is 17.5 Å². The van der Waals surface area contributed by atoms with Gasteiger partial charge in [0.25, 0.3) is 0 Å². The summed E-state index contributed by atoms with van der Waals surface area (Å²) in [5.74, 6) is 1.25. The number of aromatic nitrogens is 3. The summed E-state index contributed by atoms with van der Waals surface area (Å²) in [6.07, 6.45) is 0. The van der Waals surface area contributed by atoms with E-state index >= 15 is 0 Å². The Kier molecular flexibility index (Phi) is 5.27. The van der Waals surface area contributed by atoms with Gasteiger partial charge in [-0.3, -0.25) is 4.79 Å². The summed E-state index contributed by atoms with van der Waals surface area (Å²) in [6, 6.07) is 12.9. The van der Waals surface area contributed by atoms with Crippen molar-refractivity contribution in [2.75, 3.05) is 12.5 Å². The zero-order valence-corrected chi connectivity index (χ0v) is 17.1. The van der Waals surface area contributed by atoms with Gasteiger partial charge in [0.2, 0.25) is 5.16 Å². The summed E-state index contributed by atoms with van der Waals surface area (Å²) in [4.78, 5) is 13.3. The maximum atomic E-state index is 13.3. The van der Waals surface area contributed by atoms with Crippen LogP contribution in [0.2, 0.25) is 0 Å². The third-order valence-corrected chi connectivity index (χ3v) is 6.06. The molecule has 0 aliphatic carbocycles. The van der Waals surface area contributed by atoms with E-state index in [9.17, 15) is 9.18 Å². The van der Waals surface area contributed by atoms with Crippen LogP contribution in [0.25, 0.3) is 0 Å². The average molecular weight is 412 g/mol. The Bertz CT molecular complexity index is 1020. The Balaban J connectivity index is 1.74. The van der Waals surface area contributed by atoms with Crippen molar-refractivity contribution in [2.24, 2.45) is 0 Å². The van der Waals surface area contributed by atoms with Gasteiger partial charge in [-0.2, -0.15) is 0 Å². The third-order valence-electron chi connectivity index (χ3n) is 4.84. The number of ether oxygens (including phenoxy) is 1. The second-order valence-electron chi connectivity index (χ2n) is 7.12. The Morgan fingerprint density at radius 1 is 1.14 bits per heavy atom. The van der Waals surface area contributed by atoms with Crippen molar-refractivity contribution in [1.82, 2.24) is 14.9 Å². The first-order valence-corrected chi connectivity index (χ1v) is 10.2. The normalized spacial score (nSPS) is 18.2. The molecule has 150 valence electrons. The molecule has 0 unspecified atom stereocenters. The molecule has 0 radical (unpaired) electrons. The number of carbonyl (C=O) groups is 1. The number of hydrogen-bond donors (Lipinski definition) is 1. The SMILES string of the molecule is COc1ccc([C@H]2Nn3c(nnc3C(C)C)S[C@@H]2C(=O)c2ccc(F)cc2)cc1. The fraction of sp³-hybridized carbons (Fsp3) is 0.286. The van der Waals surface area contributed by atoms with E-state index in [1.807, 2.05) is 42.8 Å². The molecule has 0 spiro atoms. The highest BCUT2D eigenvalue weighted by Crippen LogP contribution is 2.39. The van der Waals surface area contributed by atoms with Crippen LogP contribution in [0.15, 0.2) is 53.7 Å². The molecule has 2 aromatic carbocycles. The second-order valence-corrected chi connectivity index (χ2v) is 8.23.